The van der Waals surface area contributed by atoms with Crippen LogP contribution in [0.15, 0.2) is 54.6 Å². The van der Waals surface area contributed by atoms with Gasteiger partial charge in [0.15, 0.2) is 0 Å². The molecule has 0 aliphatic carbocycles. The fourth-order valence-electron chi connectivity index (χ4n) is 5.24. The van der Waals surface area contributed by atoms with Crippen molar-refractivity contribution in [3.63, 3.8) is 0 Å². The van der Waals surface area contributed by atoms with Crippen molar-refractivity contribution in [3.8, 4) is 17.2 Å². The molecule has 0 heterocycles. The Kier molecular flexibility index (Phi) is 50.8. The molecule has 3 aromatic carbocycles. The van der Waals surface area contributed by atoms with E-state index < -0.39 is 22.0 Å². The van der Waals surface area contributed by atoms with Crippen LogP contribution < -0.4 is 133 Å². The normalized spacial score (nSPS) is 12.7. The van der Waals surface area contributed by atoms with Crippen molar-refractivity contribution in [2.45, 2.75) is 157 Å². The Morgan fingerprint density at radius 2 is 1.01 bits per heavy atom. The van der Waals surface area contributed by atoms with Crippen molar-refractivity contribution < 1.29 is 157 Å². The third-order valence-electron chi connectivity index (χ3n) is 8.91. The number of aromatic hydroxyl groups is 1. The molecular weight excluding hydrogens is 1030 g/mol. The first kappa shape index (κ1) is 77.2. The van der Waals surface area contributed by atoms with E-state index in [4.69, 9.17) is 40.6 Å². The summed E-state index contributed by atoms with van der Waals surface area (Å²) in [6.45, 7) is 24.7. The molecule has 0 radical (unpaired) electrons. The zero-order valence-corrected chi connectivity index (χ0v) is 52.4. The number of aliphatic hydroxyl groups is 3. The van der Waals surface area contributed by atoms with Crippen LogP contribution in [0.4, 0.5) is 0 Å². The number of carbonyl (C=O) groups is 1. The molecule has 68 heavy (non-hydrogen) atoms. The van der Waals surface area contributed by atoms with Crippen LogP contribution in [0.25, 0.3) is 0 Å². The summed E-state index contributed by atoms with van der Waals surface area (Å²) in [6.07, 6.45) is 5.69. The molecule has 0 aromatic heterocycles. The van der Waals surface area contributed by atoms with Gasteiger partial charge in [0.25, 0.3) is 6.47 Å². The minimum absolute atomic E-state index is 0. The van der Waals surface area contributed by atoms with Crippen molar-refractivity contribution >= 4 is 44.4 Å². The van der Waals surface area contributed by atoms with Gasteiger partial charge in [-0.1, -0.05) is 59.8 Å². The van der Waals surface area contributed by atoms with E-state index in [9.17, 15) is 13.5 Å². The van der Waals surface area contributed by atoms with Gasteiger partial charge in [-0.3, -0.25) is 4.79 Å². The predicted molar refractivity (Wildman–Crippen MR) is 276 cm³/mol. The molecule has 0 spiro atoms. The monoisotopic (exact) mass is 1110 g/mol. The number of halogens is 1. The van der Waals surface area contributed by atoms with Crippen LogP contribution in [-0.4, -0.2) is 101 Å². The SMILES string of the molecule is C.Cc1cc(CC[C@@H](C)N)ccc1OCCO.Cc1cc(CC[C@@H](C)N[S@](=O)C(C)(C)C)ccc1O.Cc1cc(CC[C@@H](C)N[S@](=O)C(C)(C)C)ccc1OCCO.O=CO[O-].OCCBr.[H-].[K+].[K+]. The van der Waals surface area contributed by atoms with E-state index >= 15 is 0 Å². The van der Waals surface area contributed by atoms with E-state index in [-0.39, 0.29) is 166 Å². The molecule has 0 saturated carbocycles. The summed E-state index contributed by atoms with van der Waals surface area (Å²) in [5, 5.41) is 43.9. The molecule has 384 valence electrons. The van der Waals surface area contributed by atoms with Crippen LogP contribution >= 0.6 is 15.9 Å². The number of hydrogen-bond donors (Lipinski definition) is 7. The average molecular weight is 1120 g/mol. The van der Waals surface area contributed by atoms with Crippen molar-refractivity contribution in [1.82, 2.24) is 9.44 Å². The molecule has 0 saturated heterocycles. The number of aliphatic hydroxyl groups excluding tert-OH is 3. The maximum absolute atomic E-state index is 12.0. The molecular formula is C49H86BrK2N3O11S2. The summed E-state index contributed by atoms with van der Waals surface area (Å²) in [5.41, 5.74) is 12.5. The minimum atomic E-state index is -1.03. The van der Waals surface area contributed by atoms with Gasteiger partial charge in [0, 0.05) is 23.5 Å². The van der Waals surface area contributed by atoms with Gasteiger partial charge in [0.2, 0.25) is 0 Å². The van der Waals surface area contributed by atoms with Crippen molar-refractivity contribution in [2.75, 3.05) is 38.4 Å². The van der Waals surface area contributed by atoms with E-state index in [0.29, 0.717) is 24.3 Å². The quantitative estimate of drug-likeness (QED) is 0.0261. The number of hydrogen-bond acceptors (Lipinski definition) is 12. The van der Waals surface area contributed by atoms with E-state index in [2.05, 4.69) is 62.3 Å². The maximum atomic E-state index is 12.0. The Labute approximate surface area is 510 Å². The van der Waals surface area contributed by atoms with Crippen LogP contribution in [0.2, 0.25) is 0 Å². The van der Waals surface area contributed by atoms with E-state index in [0.717, 1.165) is 66.7 Å². The summed E-state index contributed by atoms with van der Waals surface area (Å²) in [4.78, 5) is 11.2. The first-order chi connectivity index (χ1) is 30.4. The van der Waals surface area contributed by atoms with Gasteiger partial charge < -0.3 is 47.2 Å². The second-order valence-electron chi connectivity index (χ2n) is 17.5. The van der Waals surface area contributed by atoms with Gasteiger partial charge in [-0.15, -0.1) is 0 Å². The zero-order chi connectivity index (χ0) is 50.2. The average Bonchev–Trinajstić information content (AvgIpc) is 3.24. The third-order valence-corrected chi connectivity index (χ3v) is 12.7. The number of alkyl halides is 1. The standard InChI is InChI=1S/C17H29NO3S.C15H25NO2S.C13H21NO2.C2H5BrO.CH2O3.CH4.2K.H/c1-13-12-15(8-9-16(13)21-11-10-19)7-6-14(2)18-22(20)17(3,4)5;1-11-10-13(8-9-14(11)17)7-6-12(2)16-19(18)15(3,4)5;1-10-9-12(4-3-11(2)14)5-6-13(10)16-8-7-15;3-1-2-4;2-1-4-3;;;;/h8-9,12,14,18-19H,6-7,10-11H2,1-5H3;8-10,12,16-17H,6-7H2,1-5H3;5-6,9,11,15H,3-4,7-8,14H2,1-2H3;4H,1-2H2;1,3H;1H4;;;/q;;;;;;2*+1;-1/p-1/t14-,22-;12-,19-;11-;;;;;;/m111....../s1. The van der Waals surface area contributed by atoms with Gasteiger partial charge in [-0.2, -0.15) is 0 Å². The summed E-state index contributed by atoms with van der Waals surface area (Å²) >= 11 is 3.00. The molecule has 8 N–H and O–H groups in total. The van der Waals surface area contributed by atoms with Crippen LogP contribution in [0.5, 0.6) is 17.2 Å². The van der Waals surface area contributed by atoms with Gasteiger partial charge in [-0.05, 0) is 173 Å². The van der Waals surface area contributed by atoms with E-state index in [1.165, 1.54) is 16.7 Å². The summed E-state index contributed by atoms with van der Waals surface area (Å²) < 4.78 is 40.7. The Bertz CT molecular complexity index is 1790. The Hall–Kier alpha value is 0.303. The fraction of sp³-hybridized carbons (Fsp3) is 0.612. The Morgan fingerprint density at radius 3 is 1.28 bits per heavy atom. The molecule has 0 aliphatic rings. The Morgan fingerprint density at radius 1 is 0.691 bits per heavy atom. The molecule has 14 nitrogen and oxygen atoms in total. The predicted octanol–water partition coefficient (Wildman–Crippen LogP) is 1.02. The number of aryl methyl sites for hydroxylation is 6. The molecule has 3 aromatic rings. The van der Waals surface area contributed by atoms with Crippen LogP contribution in [0, 0.1) is 20.8 Å². The smallest absolute Gasteiger partial charge is 1.00 e. The Balaban J connectivity index is -0.000000196. The third kappa shape index (κ3) is 39.8. The van der Waals surface area contributed by atoms with Crippen LogP contribution in [0.1, 0.15) is 124 Å². The van der Waals surface area contributed by atoms with E-state index in [1.54, 1.807) is 6.07 Å². The number of phenolic OH excluding ortho intramolecular Hbond substituents is 1. The molecule has 19 heteroatoms. The van der Waals surface area contributed by atoms with E-state index in [1.807, 2.05) is 99.6 Å². The number of phenols is 1. The number of nitrogens with two attached hydrogens (primary N) is 1. The van der Waals surface area contributed by atoms with Crippen molar-refractivity contribution in [2.24, 2.45) is 5.73 Å². The second-order valence-corrected chi connectivity index (χ2v) is 22.3. The second kappa shape index (κ2) is 44.8. The molecule has 0 unspecified atom stereocenters. The largest absolute Gasteiger partial charge is 1.00 e. The summed E-state index contributed by atoms with van der Waals surface area (Å²) in [5.74, 6) is 2.00. The van der Waals surface area contributed by atoms with Crippen molar-refractivity contribution in [3.05, 3.63) is 88.0 Å². The van der Waals surface area contributed by atoms with Gasteiger partial charge >= 0.3 is 103 Å². The topological polar surface area (TPSA) is 233 Å². The zero-order valence-electron chi connectivity index (χ0n) is 43.9. The maximum Gasteiger partial charge on any atom is 1.00 e. The van der Waals surface area contributed by atoms with Crippen molar-refractivity contribution in [1.29, 1.82) is 0 Å². The molecule has 5 atom stereocenters. The molecule has 0 aliphatic heterocycles. The molecule has 3 rings (SSSR count). The fourth-order valence-corrected chi connectivity index (χ4v) is 6.91. The minimum Gasteiger partial charge on any atom is -1.00 e. The molecule has 0 amide bonds. The first-order valence-electron chi connectivity index (χ1n) is 21.9. The van der Waals surface area contributed by atoms with Crippen LogP contribution in [0.3, 0.4) is 0 Å². The number of carbonyl (C=O) groups excluding carboxylic acids is 1. The number of rotatable bonds is 21. The van der Waals surface area contributed by atoms with Gasteiger partial charge in [-0.25, -0.2) is 17.9 Å². The number of ether oxygens (including phenoxy) is 2. The molecule has 0 bridgehead atoms. The van der Waals surface area contributed by atoms with Gasteiger partial charge in [0.05, 0.1) is 51.3 Å². The summed E-state index contributed by atoms with van der Waals surface area (Å²) in [6, 6.07) is 18.6. The van der Waals surface area contributed by atoms with Crippen LogP contribution in [-0.2, 0) is 50.9 Å². The number of benzene rings is 3. The first-order valence-corrected chi connectivity index (χ1v) is 25.3. The van der Waals surface area contributed by atoms with Gasteiger partial charge in [0.1, 0.15) is 30.5 Å². The molecule has 0 fully saturated rings. The number of nitrogens with one attached hydrogen (secondary N) is 2. The summed E-state index contributed by atoms with van der Waals surface area (Å²) in [7, 11) is -2.05.